The first-order valence-electron chi connectivity index (χ1n) is 9.98. The Kier molecular flexibility index (Phi) is 4.94. The Bertz CT molecular complexity index is 880. The van der Waals surface area contributed by atoms with Gasteiger partial charge in [0, 0.05) is 13.1 Å². The highest BCUT2D eigenvalue weighted by atomic mass is 16.2. The normalized spacial score (nSPS) is 22.5. The molecule has 2 aromatic carbocycles. The van der Waals surface area contributed by atoms with Crippen molar-refractivity contribution >= 4 is 11.9 Å². The molecule has 1 saturated heterocycles. The molecule has 0 bridgehead atoms. The number of rotatable bonds is 5. The van der Waals surface area contributed by atoms with E-state index in [4.69, 9.17) is 0 Å². The average molecular weight is 377 g/mol. The summed E-state index contributed by atoms with van der Waals surface area (Å²) in [6, 6.07) is 17.7. The minimum atomic E-state index is -0.972. The van der Waals surface area contributed by atoms with Gasteiger partial charge in [0.15, 0.2) is 0 Å². The van der Waals surface area contributed by atoms with Crippen molar-refractivity contribution in [2.24, 2.45) is 5.92 Å². The van der Waals surface area contributed by atoms with Crippen molar-refractivity contribution in [3.63, 3.8) is 0 Å². The number of carbonyl (C=O) groups excluding carboxylic acids is 2. The highest BCUT2D eigenvalue weighted by Gasteiger charge is 2.52. The van der Waals surface area contributed by atoms with E-state index in [1.54, 1.807) is 0 Å². The van der Waals surface area contributed by atoms with Crippen LogP contribution in [-0.4, -0.2) is 35.0 Å². The number of hydrogen-bond acceptors (Lipinski definition) is 3. The van der Waals surface area contributed by atoms with Gasteiger partial charge in [-0.1, -0.05) is 68.4 Å². The van der Waals surface area contributed by atoms with Gasteiger partial charge in [0.05, 0.1) is 6.67 Å². The van der Waals surface area contributed by atoms with Gasteiger partial charge in [0.2, 0.25) is 0 Å². The van der Waals surface area contributed by atoms with Gasteiger partial charge in [-0.05, 0) is 35.4 Å². The molecule has 5 nitrogen and oxygen atoms in total. The van der Waals surface area contributed by atoms with E-state index in [-0.39, 0.29) is 17.9 Å². The molecule has 146 valence electrons. The van der Waals surface area contributed by atoms with Gasteiger partial charge in [-0.25, -0.2) is 9.69 Å². The molecule has 5 heteroatoms. The third kappa shape index (κ3) is 3.31. The summed E-state index contributed by atoms with van der Waals surface area (Å²) in [4.78, 5) is 29.9. The number of hydrogen-bond donors (Lipinski definition) is 1. The fourth-order valence-electron chi connectivity index (χ4n) is 4.42. The van der Waals surface area contributed by atoms with E-state index < -0.39 is 5.54 Å². The van der Waals surface area contributed by atoms with Crippen LogP contribution >= 0.6 is 0 Å². The Balaban J connectivity index is 1.58. The van der Waals surface area contributed by atoms with Crippen LogP contribution in [0.15, 0.2) is 54.6 Å². The fraction of sp³-hybridized carbons (Fsp3) is 0.391. The summed E-state index contributed by atoms with van der Waals surface area (Å²) in [5.74, 6) is 0.127. The second-order valence-electron chi connectivity index (χ2n) is 8.25. The molecule has 2 aliphatic rings. The zero-order valence-corrected chi connectivity index (χ0v) is 16.5. The summed E-state index contributed by atoms with van der Waals surface area (Å²) in [5.41, 5.74) is 2.51. The molecule has 0 radical (unpaired) electrons. The SMILES string of the molecule is CC(C)C[C@@]1(c2ccccc2)NC(=O)N(CN2CCc3ccccc3C2)C1=O. The van der Waals surface area contributed by atoms with Crippen molar-refractivity contribution in [1.82, 2.24) is 15.1 Å². The van der Waals surface area contributed by atoms with E-state index in [1.807, 2.05) is 36.4 Å². The lowest BCUT2D eigenvalue weighted by molar-refractivity contribution is -0.133. The molecular weight excluding hydrogens is 350 g/mol. The standard InChI is InChI=1S/C23H27N3O2/c1-17(2)14-23(20-10-4-3-5-11-20)21(27)26(22(28)24-23)16-25-13-12-18-8-6-7-9-19(18)15-25/h3-11,17H,12-16H2,1-2H3,(H,24,28)/t23-/m0/s1. The fourth-order valence-corrected chi connectivity index (χ4v) is 4.42. The van der Waals surface area contributed by atoms with Gasteiger partial charge in [0.1, 0.15) is 5.54 Å². The summed E-state index contributed by atoms with van der Waals surface area (Å²) < 4.78 is 0. The van der Waals surface area contributed by atoms with Crippen LogP contribution in [0.25, 0.3) is 0 Å². The molecule has 0 aromatic heterocycles. The molecule has 28 heavy (non-hydrogen) atoms. The number of carbonyl (C=O) groups is 2. The second-order valence-corrected chi connectivity index (χ2v) is 8.25. The zero-order valence-electron chi connectivity index (χ0n) is 16.5. The summed E-state index contributed by atoms with van der Waals surface area (Å²) in [7, 11) is 0. The van der Waals surface area contributed by atoms with Crippen LogP contribution in [0.4, 0.5) is 4.79 Å². The van der Waals surface area contributed by atoms with Crippen LogP contribution in [0.3, 0.4) is 0 Å². The van der Waals surface area contributed by atoms with E-state index in [9.17, 15) is 9.59 Å². The Morgan fingerprint density at radius 1 is 1.00 bits per heavy atom. The Labute approximate surface area is 166 Å². The van der Waals surface area contributed by atoms with Crippen molar-refractivity contribution in [2.45, 2.75) is 38.8 Å². The smallest absolute Gasteiger partial charge is 0.319 e. The monoisotopic (exact) mass is 377 g/mol. The Morgan fingerprint density at radius 2 is 1.68 bits per heavy atom. The second kappa shape index (κ2) is 7.40. The van der Waals surface area contributed by atoms with Gasteiger partial charge in [-0.15, -0.1) is 0 Å². The largest absolute Gasteiger partial charge is 0.326 e. The van der Waals surface area contributed by atoms with Crippen molar-refractivity contribution in [3.8, 4) is 0 Å². The van der Waals surface area contributed by atoms with Crippen molar-refractivity contribution in [1.29, 1.82) is 0 Å². The summed E-state index contributed by atoms with van der Waals surface area (Å²) in [6.07, 6.45) is 1.52. The molecule has 2 aliphatic heterocycles. The number of amides is 3. The molecule has 1 N–H and O–H groups in total. The van der Waals surface area contributed by atoms with Crippen molar-refractivity contribution in [3.05, 3.63) is 71.3 Å². The number of nitrogens with one attached hydrogen (secondary N) is 1. The van der Waals surface area contributed by atoms with Gasteiger partial charge in [-0.2, -0.15) is 0 Å². The summed E-state index contributed by atoms with van der Waals surface area (Å²) in [5, 5.41) is 3.03. The first kappa shape index (κ1) is 18.7. The number of imide groups is 1. The lowest BCUT2D eigenvalue weighted by Gasteiger charge is -2.32. The molecule has 0 spiro atoms. The van der Waals surface area contributed by atoms with Gasteiger partial charge in [-0.3, -0.25) is 9.69 Å². The molecule has 3 amide bonds. The van der Waals surface area contributed by atoms with E-state index in [0.717, 1.165) is 25.1 Å². The lowest BCUT2D eigenvalue weighted by atomic mass is 9.82. The Morgan fingerprint density at radius 3 is 2.39 bits per heavy atom. The van der Waals surface area contributed by atoms with E-state index in [0.29, 0.717) is 13.1 Å². The molecule has 4 rings (SSSR count). The van der Waals surface area contributed by atoms with Crippen molar-refractivity contribution in [2.75, 3.05) is 13.2 Å². The molecule has 0 unspecified atom stereocenters. The molecule has 0 aliphatic carbocycles. The molecule has 1 fully saturated rings. The maximum absolute atomic E-state index is 13.5. The maximum atomic E-state index is 13.5. The van der Waals surface area contributed by atoms with Crippen LogP contribution in [0.1, 0.15) is 37.0 Å². The first-order chi connectivity index (χ1) is 13.5. The summed E-state index contributed by atoms with van der Waals surface area (Å²) >= 11 is 0. The van der Waals surface area contributed by atoms with Crippen LogP contribution in [-0.2, 0) is 23.3 Å². The lowest BCUT2D eigenvalue weighted by Crippen LogP contribution is -2.47. The molecular formula is C23H27N3O2. The highest BCUT2D eigenvalue weighted by Crippen LogP contribution is 2.35. The molecule has 0 saturated carbocycles. The number of nitrogens with zero attached hydrogens (tertiary/aromatic N) is 2. The molecule has 1 atom stereocenters. The van der Waals surface area contributed by atoms with Crippen LogP contribution in [0.5, 0.6) is 0 Å². The van der Waals surface area contributed by atoms with Gasteiger partial charge >= 0.3 is 6.03 Å². The average Bonchev–Trinajstić information content (AvgIpc) is 2.93. The van der Waals surface area contributed by atoms with Crippen LogP contribution < -0.4 is 5.32 Å². The van der Waals surface area contributed by atoms with E-state index in [2.05, 4.69) is 42.3 Å². The van der Waals surface area contributed by atoms with Crippen LogP contribution in [0.2, 0.25) is 0 Å². The minimum Gasteiger partial charge on any atom is -0.319 e. The Hall–Kier alpha value is -2.66. The van der Waals surface area contributed by atoms with Gasteiger partial charge in [0.25, 0.3) is 5.91 Å². The topological polar surface area (TPSA) is 52.7 Å². The van der Waals surface area contributed by atoms with Gasteiger partial charge < -0.3 is 5.32 Å². The quantitative estimate of drug-likeness (QED) is 0.812. The maximum Gasteiger partial charge on any atom is 0.326 e. The third-order valence-corrected chi connectivity index (χ3v) is 5.71. The third-order valence-electron chi connectivity index (χ3n) is 5.71. The highest BCUT2D eigenvalue weighted by molar-refractivity contribution is 6.07. The zero-order chi connectivity index (χ0) is 19.7. The number of benzene rings is 2. The van der Waals surface area contributed by atoms with E-state index >= 15 is 0 Å². The predicted molar refractivity (Wildman–Crippen MR) is 108 cm³/mol. The van der Waals surface area contributed by atoms with Crippen LogP contribution in [0, 0.1) is 5.92 Å². The predicted octanol–water partition coefficient (Wildman–Crippen LogP) is 3.50. The molecule has 2 aromatic rings. The minimum absolute atomic E-state index is 0.142. The van der Waals surface area contributed by atoms with E-state index in [1.165, 1.54) is 16.0 Å². The van der Waals surface area contributed by atoms with Crippen molar-refractivity contribution < 1.29 is 9.59 Å². The first-order valence-corrected chi connectivity index (χ1v) is 9.98. The summed E-state index contributed by atoms with van der Waals surface area (Å²) in [6.45, 7) is 6.08. The number of urea groups is 1. The molecule has 2 heterocycles. The number of fused-ring (bicyclic) bond motifs is 1.